The quantitative estimate of drug-likeness (QED) is 0.900. The van der Waals surface area contributed by atoms with Crippen molar-refractivity contribution in [2.24, 2.45) is 11.8 Å². The summed E-state index contributed by atoms with van der Waals surface area (Å²) >= 11 is 0. The molecule has 0 aromatic heterocycles. The van der Waals surface area contributed by atoms with E-state index in [0.29, 0.717) is 13.1 Å². The lowest BCUT2D eigenvalue weighted by molar-refractivity contribution is -0.142. The molecule has 6 nitrogen and oxygen atoms in total. The molecule has 2 rings (SSSR count). The van der Waals surface area contributed by atoms with E-state index >= 15 is 0 Å². The molecular weight excluding hydrogens is 292 g/mol. The normalized spacial score (nSPS) is 22.8. The summed E-state index contributed by atoms with van der Waals surface area (Å²) in [6.45, 7) is 3.04. The second kappa shape index (κ2) is 5.65. The Morgan fingerprint density at radius 1 is 1.24 bits per heavy atom. The first-order chi connectivity index (χ1) is 9.73. The third-order valence-corrected chi connectivity index (χ3v) is 5.74. The van der Waals surface area contributed by atoms with Gasteiger partial charge in [-0.05, 0) is 30.2 Å². The van der Waals surface area contributed by atoms with Gasteiger partial charge in [-0.15, -0.1) is 0 Å². The van der Waals surface area contributed by atoms with E-state index in [2.05, 4.69) is 0 Å². The highest BCUT2D eigenvalue weighted by atomic mass is 32.2. The Bertz CT molecular complexity index is 625. The van der Waals surface area contributed by atoms with Crippen molar-refractivity contribution in [1.82, 2.24) is 4.31 Å². The number of sulfonamides is 1. The molecule has 1 fully saturated rings. The second-order valence-electron chi connectivity index (χ2n) is 5.61. The minimum Gasteiger partial charge on any atom is -0.481 e. The number of carboxylic acids is 1. The van der Waals surface area contributed by atoms with Crippen LogP contribution in [0.1, 0.15) is 6.92 Å². The third kappa shape index (κ3) is 3.03. The van der Waals surface area contributed by atoms with Gasteiger partial charge >= 0.3 is 5.97 Å². The SMILES string of the molecule is CC1CN(c2ccc(S(=O)(=O)N(C)C)cc2)CC1C(=O)O. The lowest BCUT2D eigenvalue weighted by atomic mass is 9.99. The van der Waals surface area contributed by atoms with Crippen molar-refractivity contribution < 1.29 is 18.3 Å². The van der Waals surface area contributed by atoms with Gasteiger partial charge in [-0.3, -0.25) is 4.79 Å². The molecule has 116 valence electrons. The second-order valence-corrected chi connectivity index (χ2v) is 7.76. The molecule has 1 aliphatic heterocycles. The molecule has 2 atom stereocenters. The van der Waals surface area contributed by atoms with Gasteiger partial charge in [0.05, 0.1) is 10.8 Å². The van der Waals surface area contributed by atoms with E-state index in [1.54, 1.807) is 24.3 Å². The highest BCUT2D eigenvalue weighted by molar-refractivity contribution is 7.89. The highest BCUT2D eigenvalue weighted by Gasteiger charge is 2.34. The van der Waals surface area contributed by atoms with Gasteiger partial charge < -0.3 is 10.0 Å². The average molecular weight is 312 g/mol. The van der Waals surface area contributed by atoms with Crippen molar-refractivity contribution in [1.29, 1.82) is 0 Å². The first-order valence-electron chi connectivity index (χ1n) is 6.74. The Balaban J connectivity index is 2.20. The van der Waals surface area contributed by atoms with E-state index in [1.165, 1.54) is 18.4 Å². The maximum absolute atomic E-state index is 12.0. The molecule has 0 radical (unpaired) electrons. The topological polar surface area (TPSA) is 77.9 Å². The molecule has 2 unspecified atom stereocenters. The number of aliphatic carboxylic acids is 1. The molecule has 21 heavy (non-hydrogen) atoms. The maximum Gasteiger partial charge on any atom is 0.308 e. The summed E-state index contributed by atoms with van der Waals surface area (Å²) in [5, 5.41) is 9.15. The molecule has 1 heterocycles. The van der Waals surface area contributed by atoms with Gasteiger partial charge in [-0.25, -0.2) is 12.7 Å². The van der Waals surface area contributed by atoms with Gasteiger partial charge in [-0.1, -0.05) is 6.92 Å². The molecule has 1 aromatic rings. The van der Waals surface area contributed by atoms with Crippen molar-refractivity contribution in [3.8, 4) is 0 Å². The highest BCUT2D eigenvalue weighted by Crippen LogP contribution is 2.29. The molecule has 0 amide bonds. The van der Waals surface area contributed by atoms with E-state index in [0.717, 1.165) is 5.69 Å². The Kier molecular flexibility index (Phi) is 4.25. The molecule has 1 aromatic carbocycles. The van der Waals surface area contributed by atoms with Gasteiger partial charge in [0.1, 0.15) is 0 Å². The van der Waals surface area contributed by atoms with E-state index < -0.39 is 16.0 Å². The Labute approximate surface area is 125 Å². The van der Waals surface area contributed by atoms with Crippen LogP contribution in [0.25, 0.3) is 0 Å². The zero-order valence-electron chi connectivity index (χ0n) is 12.4. The fourth-order valence-corrected chi connectivity index (χ4v) is 3.44. The van der Waals surface area contributed by atoms with E-state index in [-0.39, 0.29) is 16.7 Å². The number of anilines is 1. The number of benzene rings is 1. The van der Waals surface area contributed by atoms with E-state index in [9.17, 15) is 13.2 Å². The van der Waals surface area contributed by atoms with Gasteiger partial charge in [0.25, 0.3) is 0 Å². The first-order valence-corrected chi connectivity index (χ1v) is 8.18. The van der Waals surface area contributed by atoms with Crippen LogP contribution in [0, 0.1) is 11.8 Å². The van der Waals surface area contributed by atoms with E-state index in [4.69, 9.17) is 5.11 Å². The van der Waals surface area contributed by atoms with Gasteiger partial charge in [0, 0.05) is 32.9 Å². The van der Waals surface area contributed by atoms with Gasteiger partial charge in [0.15, 0.2) is 0 Å². The number of carboxylic acid groups (broad SMARTS) is 1. The number of carbonyl (C=O) groups is 1. The van der Waals surface area contributed by atoms with Crippen molar-refractivity contribution >= 4 is 21.7 Å². The lowest BCUT2D eigenvalue weighted by Crippen LogP contribution is -2.24. The third-order valence-electron chi connectivity index (χ3n) is 3.91. The van der Waals surface area contributed by atoms with E-state index in [1.807, 2.05) is 11.8 Å². The van der Waals surface area contributed by atoms with Gasteiger partial charge in [-0.2, -0.15) is 0 Å². The first kappa shape index (κ1) is 15.8. The monoisotopic (exact) mass is 312 g/mol. The summed E-state index contributed by atoms with van der Waals surface area (Å²) in [5.74, 6) is -1.08. The fourth-order valence-electron chi connectivity index (χ4n) is 2.54. The lowest BCUT2D eigenvalue weighted by Gasteiger charge is -2.19. The summed E-state index contributed by atoms with van der Waals surface area (Å²) in [7, 11) is -0.454. The van der Waals surface area contributed by atoms with Crippen LogP contribution in [0.5, 0.6) is 0 Å². The van der Waals surface area contributed by atoms with Crippen LogP contribution in [0.15, 0.2) is 29.2 Å². The molecule has 0 bridgehead atoms. The average Bonchev–Trinajstić information content (AvgIpc) is 2.81. The Morgan fingerprint density at radius 3 is 2.24 bits per heavy atom. The molecule has 1 saturated heterocycles. The van der Waals surface area contributed by atoms with Crippen molar-refractivity contribution in [2.75, 3.05) is 32.1 Å². The molecule has 0 spiro atoms. The minimum atomic E-state index is -3.43. The summed E-state index contributed by atoms with van der Waals surface area (Å²) in [6, 6.07) is 6.58. The van der Waals surface area contributed by atoms with Crippen molar-refractivity contribution in [3.63, 3.8) is 0 Å². The Morgan fingerprint density at radius 2 is 1.81 bits per heavy atom. The summed E-state index contributed by atoms with van der Waals surface area (Å²) < 4.78 is 25.2. The van der Waals surface area contributed by atoms with Crippen molar-refractivity contribution in [3.05, 3.63) is 24.3 Å². The predicted octanol–water partition coefficient (Wildman–Crippen LogP) is 1.09. The maximum atomic E-state index is 12.0. The number of rotatable bonds is 4. The predicted molar refractivity (Wildman–Crippen MR) is 79.8 cm³/mol. The fraction of sp³-hybridized carbons (Fsp3) is 0.500. The van der Waals surface area contributed by atoms with Gasteiger partial charge in [0.2, 0.25) is 10.0 Å². The zero-order valence-corrected chi connectivity index (χ0v) is 13.2. The number of hydrogen-bond donors (Lipinski definition) is 1. The van der Waals surface area contributed by atoms with Crippen LogP contribution >= 0.6 is 0 Å². The number of hydrogen-bond acceptors (Lipinski definition) is 4. The van der Waals surface area contributed by atoms with Crippen LogP contribution < -0.4 is 4.90 Å². The molecule has 0 aliphatic carbocycles. The van der Waals surface area contributed by atoms with Crippen LogP contribution in [-0.2, 0) is 14.8 Å². The largest absolute Gasteiger partial charge is 0.481 e. The zero-order chi connectivity index (χ0) is 15.8. The Hall–Kier alpha value is -1.60. The summed E-state index contributed by atoms with van der Waals surface area (Å²) in [5.41, 5.74) is 0.850. The molecular formula is C14H20N2O4S. The summed E-state index contributed by atoms with van der Waals surface area (Å²) in [4.78, 5) is 13.4. The van der Waals surface area contributed by atoms with Crippen LogP contribution in [0.2, 0.25) is 0 Å². The number of nitrogens with zero attached hydrogens (tertiary/aromatic N) is 2. The molecule has 0 saturated carbocycles. The molecule has 1 N–H and O–H groups in total. The van der Waals surface area contributed by atoms with Crippen LogP contribution in [-0.4, -0.2) is 51.0 Å². The van der Waals surface area contributed by atoms with Crippen molar-refractivity contribution in [2.45, 2.75) is 11.8 Å². The molecule has 7 heteroatoms. The smallest absolute Gasteiger partial charge is 0.308 e. The van der Waals surface area contributed by atoms with Crippen LogP contribution in [0.3, 0.4) is 0 Å². The minimum absolute atomic E-state index is 0.0766. The summed E-state index contributed by atoms with van der Waals surface area (Å²) in [6.07, 6.45) is 0. The standard InChI is InChI=1S/C14H20N2O4S/c1-10-8-16(9-13(10)14(17)18)11-4-6-12(7-5-11)21(19,20)15(2)3/h4-7,10,13H,8-9H2,1-3H3,(H,17,18). The molecule has 1 aliphatic rings. The van der Waals surface area contributed by atoms with Crippen LogP contribution in [0.4, 0.5) is 5.69 Å².